The van der Waals surface area contributed by atoms with E-state index in [-0.39, 0.29) is 17.4 Å². The number of nitrogens with one attached hydrogen (secondary N) is 2. The minimum atomic E-state index is -4.40. The zero-order chi connectivity index (χ0) is 19.6. The van der Waals surface area contributed by atoms with E-state index in [0.717, 1.165) is 31.4 Å². The summed E-state index contributed by atoms with van der Waals surface area (Å²) in [6, 6.07) is 4.62. The summed E-state index contributed by atoms with van der Waals surface area (Å²) < 4.78 is 37.6. The van der Waals surface area contributed by atoms with Crippen LogP contribution in [0.15, 0.2) is 29.4 Å². The SMILES string of the molecule is N/N=C(\NN)NC=O.O=C(c1cccc(C(F)(F)F)c1)N1CCCCC1. The van der Waals surface area contributed by atoms with Crippen molar-refractivity contribution in [2.24, 2.45) is 16.8 Å². The lowest BCUT2D eigenvalue weighted by Crippen LogP contribution is -2.41. The number of rotatable bonds is 2. The van der Waals surface area contributed by atoms with Crippen molar-refractivity contribution >= 4 is 18.3 Å². The third-order valence-electron chi connectivity index (χ3n) is 3.54. The predicted molar refractivity (Wildman–Crippen MR) is 89.3 cm³/mol. The second kappa shape index (κ2) is 10.2. The smallest absolute Gasteiger partial charge is 0.339 e. The van der Waals surface area contributed by atoms with E-state index < -0.39 is 11.7 Å². The van der Waals surface area contributed by atoms with Gasteiger partial charge in [0.2, 0.25) is 12.4 Å². The van der Waals surface area contributed by atoms with Crippen molar-refractivity contribution in [1.29, 1.82) is 0 Å². The van der Waals surface area contributed by atoms with Crippen LogP contribution in [0.2, 0.25) is 0 Å². The highest BCUT2D eigenvalue weighted by Gasteiger charge is 2.31. The van der Waals surface area contributed by atoms with Crippen molar-refractivity contribution in [2.75, 3.05) is 13.1 Å². The minimum Gasteiger partial charge on any atom is -0.339 e. The summed E-state index contributed by atoms with van der Waals surface area (Å²) in [6.07, 6.45) is -1.08. The normalized spacial score (nSPS) is 14.8. The van der Waals surface area contributed by atoms with Gasteiger partial charge in [0.1, 0.15) is 0 Å². The first-order valence-electron chi connectivity index (χ1n) is 7.74. The lowest BCUT2D eigenvalue weighted by Gasteiger charge is -2.26. The molecule has 0 atom stereocenters. The molecular formula is C15H21F3N6O2. The Bertz CT molecular complexity index is 630. The number of carbonyl (C=O) groups is 2. The number of carbonyl (C=O) groups excluding carboxylic acids is 2. The van der Waals surface area contributed by atoms with Crippen LogP contribution in [0.4, 0.5) is 13.2 Å². The van der Waals surface area contributed by atoms with Gasteiger partial charge in [-0.3, -0.25) is 20.3 Å². The number of nitrogens with zero attached hydrogens (tertiary/aromatic N) is 2. The van der Waals surface area contributed by atoms with Crippen LogP contribution in [-0.2, 0) is 11.0 Å². The number of halogens is 3. The maximum atomic E-state index is 12.5. The molecule has 0 saturated carbocycles. The number of amides is 2. The number of hydrogen-bond donors (Lipinski definition) is 4. The summed E-state index contributed by atoms with van der Waals surface area (Å²) in [4.78, 5) is 23.3. The average Bonchev–Trinajstić information content (AvgIpc) is 2.66. The number of nitrogens with two attached hydrogens (primary N) is 2. The molecule has 2 rings (SSSR count). The highest BCUT2D eigenvalue weighted by molar-refractivity contribution is 5.94. The number of benzene rings is 1. The summed E-state index contributed by atoms with van der Waals surface area (Å²) >= 11 is 0. The largest absolute Gasteiger partial charge is 0.416 e. The first-order valence-corrected chi connectivity index (χ1v) is 7.74. The lowest BCUT2D eigenvalue weighted by atomic mass is 10.1. The van der Waals surface area contributed by atoms with E-state index in [1.54, 1.807) is 4.90 Å². The molecule has 0 bridgehead atoms. The van der Waals surface area contributed by atoms with Gasteiger partial charge in [0.25, 0.3) is 5.91 Å². The Kier molecular flexibility index (Phi) is 8.35. The zero-order valence-electron chi connectivity index (χ0n) is 13.9. The molecule has 144 valence electrons. The topological polar surface area (TPSA) is 126 Å². The first-order chi connectivity index (χ1) is 12.3. The molecule has 1 aliphatic heterocycles. The molecule has 1 aromatic carbocycles. The van der Waals surface area contributed by atoms with Gasteiger partial charge in [-0.25, -0.2) is 5.84 Å². The standard InChI is InChI=1S/C13H14F3NO.C2H7N5O/c14-13(15,16)11-6-4-5-10(9-11)12(18)17-7-2-1-3-8-17;3-6-2(7-4)5-1-8/h4-6,9H,1-3,7-8H2;1H,3-4H2,(H2,5,6,7,8). The summed E-state index contributed by atoms with van der Waals surface area (Å²) in [5.41, 5.74) is 1.38. The molecule has 6 N–H and O–H groups in total. The molecule has 0 aliphatic carbocycles. The van der Waals surface area contributed by atoms with E-state index >= 15 is 0 Å². The van der Waals surface area contributed by atoms with Crippen molar-refractivity contribution in [2.45, 2.75) is 25.4 Å². The number of likely N-dealkylation sites (tertiary alicyclic amines) is 1. The molecular weight excluding hydrogens is 353 g/mol. The molecule has 1 heterocycles. The second-order valence-electron chi connectivity index (χ2n) is 5.32. The van der Waals surface area contributed by atoms with Crippen molar-refractivity contribution < 1.29 is 22.8 Å². The molecule has 8 nitrogen and oxygen atoms in total. The zero-order valence-corrected chi connectivity index (χ0v) is 13.9. The van der Waals surface area contributed by atoms with Crippen LogP contribution < -0.4 is 22.4 Å². The molecule has 0 unspecified atom stereocenters. The molecule has 1 fully saturated rings. The molecule has 1 aliphatic rings. The van der Waals surface area contributed by atoms with Crippen LogP contribution in [-0.4, -0.2) is 36.3 Å². The molecule has 0 radical (unpaired) electrons. The molecule has 11 heteroatoms. The van der Waals surface area contributed by atoms with E-state index in [9.17, 15) is 22.8 Å². The number of hydrazone groups is 1. The van der Waals surface area contributed by atoms with Crippen LogP contribution in [0.3, 0.4) is 0 Å². The quantitative estimate of drug-likeness (QED) is 0.200. The molecule has 0 aromatic heterocycles. The second-order valence-corrected chi connectivity index (χ2v) is 5.32. The third-order valence-corrected chi connectivity index (χ3v) is 3.54. The van der Waals surface area contributed by atoms with Gasteiger partial charge in [0, 0.05) is 18.7 Å². The highest BCUT2D eigenvalue weighted by atomic mass is 19.4. The Morgan fingerprint density at radius 2 is 1.88 bits per heavy atom. The Morgan fingerprint density at radius 3 is 2.35 bits per heavy atom. The number of alkyl halides is 3. The van der Waals surface area contributed by atoms with E-state index in [1.165, 1.54) is 12.1 Å². The summed E-state index contributed by atoms with van der Waals surface area (Å²) in [7, 11) is 0. The summed E-state index contributed by atoms with van der Waals surface area (Å²) in [5.74, 6) is 9.20. The van der Waals surface area contributed by atoms with Gasteiger partial charge in [-0.15, -0.1) is 5.10 Å². The fourth-order valence-corrected chi connectivity index (χ4v) is 2.28. The Labute approximate surface area is 148 Å². The first kappa shape index (κ1) is 21.2. The Morgan fingerprint density at radius 1 is 1.23 bits per heavy atom. The van der Waals surface area contributed by atoms with Gasteiger partial charge in [0.15, 0.2) is 0 Å². The van der Waals surface area contributed by atoms with Gasteiger partial charge in [-0.05, 0) is 37.5 Å². The maximum absolute atomic E-state index is 12.5. The van der Waals surface area contributed by atoms with Crippen LogP contribution in [0, 0.1) is 0 Å². The number of hydrazine groups is 1. The van der Waals surface area contributed by atoms with Crippen LogP contribution >= 0.6 is 0 Å². The van der Waals surface area contributed by atoms with Gasteiger partial charge >= 0.3 is 6.18 Å². The van der Waals surface area contributed by atoms with Gasteiger partial charge in [-0.1, -0.05) is 6.07 Å². The van der Waals surface area contributed by atoms with Crippen LogP contribution in [0.1, 0.15) is 35.2 Å². The summed E-state index contributed by atoms with van der Waals surface area (Å²) in [5, 5.41) is 5.12. The van der Waals surface area contributed by atoms with Gasteiger partial charge in [0.05, 0.1) is 5.56 Å². The van der Waals surface area contributed by atoms with Crippen molar-refractivity contribution in [3.63, 3.8) is 0 Å². The van der Waals surface area contributed by atoms with Crippen molar-refractivity contribution in [3.05, 3.63) is 35.4 Å². The average molecular weight is 374 g/mol. The minimum absolute atomic E-state index is 0.0278. The number of piperidine rings is 1. The fourth-order valence-electron chi connectivity index (χ4n) is 2.28. The lowest BCUT2D eigenvalue weighted by molar-refractivity contribution is -0.137. The van der Waals surface area contributed by atoms with Crippen LogP contribution in [0.5, 0.6) is 0 Å². The monoisotopic (exact) mass is 374 g/mol. The molecule has 2 amide bonds. The van der Waals surface area contributed by atoms with E-state index in [2.05, 4.69) is 10.4 Å². The van der Waals surface area contributed by atoms with Gasteiger partial charge < -0.3 is 10.7 Å². The van der Waals surface area contributed by atoms with E-state index in [1.807, 2.05) is 5.43 Å². The molecule has 1 saturated heterocycles. The molecule has 0 spiro atoms. The van der Waals surface area contributed by atoms with E-state index in [0.29, 0.717) is 19.5 Å². The number of hydrogen-bond acceptors (Lipinski definition) is 5. The van der Waals surface area contributed by atoms with Crippen molar-refractivity contribution in [1.82, 2.24) is 15.6 Å². The van der Waals surface area contributed by atoms with Crippen molar-refractivity contribution in [3.8, 4) is 0 Å². The molecule has 1 aromatic rings. The van der Waals surface area contributed by atoms with Crippen LogP contribution in [0.25, 0.3) is 0 Å². The Hall–Kier alpha value is -2.82. The summed E-state index contributed by atoms with van der Waals surface area (Å²) in [6.45, 7) is 1.27. The maximum Gasteiger partial charge on any atom is 0.416 e. The van der Waals surface area contributed by atoms with Gasteiger partial charge in [-0.2, -0.15) is 13.2 Å². The molecule has 26 heavy (non-hydrogen) atoms. The van der Waals surface area contributed by atoms with E-state index in [4.69, 9.17) is 11.7 Å². The number of guanidine groups is 1. The highest BCUT2D eigenvalue weighted by Crippen LogP contribution is 2.29. The predicted octanol–water partition coefficient (Wildman–Crippen LogP) is 0.757. The fraction of sp³-hybridized carbons (Fsp3) is 0.400. The third kappa shape index (κ3) is 6.59. The Balaban J connectivity index is 0.000000359.